The van der Waals surface area contributed by atoms with Gasteiger partial charge in [-0.25, -0.2) is 0 Å². The average molecular weight is 442 g/mol. The number of amides is 1. The summed E-state index contributed by atoms with van der Waals surface area (Å²) in [4.78, 5) is 18.8. The number of carbonyl (C=O) groups excluding carboxylic acids is 1. The molecule has 0 spiro atoms. The van der Waals surface area contributed by atoms with Crippen LogP contribution in [-0.4, -0.2) is 44.2 Å². The van der Waals surface area contributed by atoms with Gasteiger partial charge in [0.2, 0.25) is 5.91 Å². The molecule has 0 radical (unpaired) electrons. The van der Waals surface area contributed by atoms with E-state index >= 15 is 0 Å². The first-order chi connectivity index (χ1) is 13.6. The van der Waals surface area contributed by atoms with Crippen molar-refractivity contribution in [3.63, 3.8) is 0 Å². The van der Waals surface area contributed by atoms with Gasteiger partial charge in [-0.2, -0.15) is 0 Å². The number of fused-ring (bicyclic) bond motifs is 1. The van der Waals surface area contributed by atoms with Gasteiger partial charge in [0.1, 0.15) is 11.6 Å². The molecule has 144 valence electrons. The van der Waals surface area contributed by atoms with Gasteiger partial charge in [0.15, 0.2) is 5.82 Å². The minimum Gasteiger partial charge on any atom is -0.495 e. The maximum absolute atomic E-state index is 12.7. The van der Waals surface area contributed by atoms with Gasteiger partial charge in [-0.1, -0.05) is 28.1 Å². The second-order valence-electron chi connectivity index (χ2n) is 6.64. The number of hydrogen-bond acceptors (Lipinski definition) is 5. The Labute approximate surface area is 171 Å². The largest absolute Gasteiger partial charge is 0.495 e. The van der Waals surface area contributed by atoms with E-state index in [9.17, 15) is 4.79 Å². The number of methoxy groups -OCH3 is 1. The predicted molar refractivity (Wildman–Crippen MR) is 107 cm³/mol. The van der Waals surface area contributed by atoms with Crippen molar-refractivity contribution in [2.45, 2.75) is 25.9 Å². The second-order valence-corrected chi connectivity index (χ2v) is 7.55. The van der Waals surface area contributed by atoms with Crippen LogP contribution < -0.4 is 4.74 Å². The van der Waals surface area contributed by atoms with E-state index in [0.29, 0.717) is 37.5 Å². The summed E-state index contributed by atoms with van der Waals surface area (Å²) >= 11 is 3.50. The Balaban J connectivity index is 1.45. The van der Waals surface area contributed by atoms with E-state index in [1.54, 1.807) is 24.3 Å². The van der Waals surface area contributed by atoms with Gasteiger partial charge in [0.25, 0.3) is 0 Å². The number of benzene rings is 1. The van der Waals surface area contributed by atoms with Gasteiger partial charge < -0.3 is 14.2 Å². The number of carbonyl (C=O) groups is 1. The Morgan fingerprint density at radius 3 is 2.93 bits per heavy atom. The molecule has 2 aromatic heterocycles. The van der Waals surface area contributed by atoms with Crippen molar-refractivity contribution in [1.29, 1.82) is 0 Å². The molecule has 0 N–H and O–H groups in total. The number of halogens is 1. The van der Waals surface area contributed by atoms with Gasteiger partial charge in [0.05, 0.1) is 25.8 Å². The molecule has 4 rings (SSSR count). The number of nitrogens with zero attached hydrogens (tertiary/aromatic N) is 5. The van der Waals surface area contributed by atoms with E-state index in [0.717, 1.165) is 16.1 Å². The van der Waals surface area contributed by atoms with Crippen LogP contribution in [0.25, 0.3) is 0 Å². The average Bonchev–Trinajstić information content (AvgIpc) is 3.10. The lowest BCUT2D eigenvalue weighted by Gasteiger charge is -2.28. The van der Waals surface area contributed by atoms with Gasteiger partial charge >= 0.3 is 0 Å². The highest BCUT2D eigenvalue weighted by atomic mass is 79.9. The van der Waals surface area contributed by atoms with Crippen LogP contribution in [0.1, 0.15) is 22.9 Å². The maximum atomic E-state index is 12.7. The monoisotopic (exact) mass is 441 g/mol. The van der Waals surface area contributed by atoms with E-state index in [-0.39, 0.29) is 12.3 Å². The Morgan fingerprint density at radius 1 is 1.21 bits per heavy atom. The molecule has 1 aromatic carbocycles. The summed E-state index contributed by atoms with van der Waals surface area (Å²) < 4.78 is 8.46. The first-order valence-corrected chi connectivity index (χ1v) is 9.84. The van der Waals surface area contributed by atoms with Crippen molar-refractivity contribution in [2.75, 3.05) is 13.7 Å². The molecule has 0 unspecified atom stereocenters. The normalized spacial score (nSPS) is 13.3. The van der Waals surface area contributed by atoms with E-state index in [4.69, 9.17) is 4.74 Å². The van der Waals surface area contributed by atoms with Gasteiger partial charge in [-0.3, -0.25) is 9.78 Å². The quantitative estimate of drug-likeness (QED) is 0.608. The minimum absolute atomic E-state index is 0.0137. The zero-order valence-corrected chi connectivity index (χ0v) is 17.1. The smallest absolute Gasteiger partial charge is 0.229 e. The maximum Gasteiger partial charge on any atom is 0.229 e. The Morgan fingerprint density at radius 2 is 2.11 bits per heavy atom. The van der Waals surface area contributed by atoms with Crippen molar-refractivity contribution < 1.29 is 9.53 Å². The predicted octanol–water partition coefficient (Wildman–Crippen LogP) is 2.62. The molecule has 3 heterocycles. The van der Waals surface area contributed by atoms with Crippen LogP contribution in [0.3, 0.4) is 0 Å². The fourth-order valence-corrected chi connectivity index (χ4v) is 3.83. The number of rotatable bonds is 5. The fourth-order valence-electron chi connectivity index (χ4n) is 3.39. The van der Waals surface area contributed by atoms with Crippen LogP contribution >= 0.6 is 15.9 Å². The van der Waals surface area contributed by atoms with Gasteiger partial charge in [-0.15, -0.1) is 10.2 Å². The van der Waals surface area contributed by atoms with Crippen LogP contribution in [0, 0.1) is 0 Å². The molecule has 0 atom stereocenters. The van der Waals surface area contributed by atoms with Crippen molar-refractivity contribution in [3.8, 4) is 5.75 Å². The molecule has 0 saturated carbocycles. The topological polar surface area (TPSA) is 73.1 Å². The molecule has 8 heteroatoms. The summed E-state index contributed by atoms with van der Waals surface area (Å²) in [6, 6.07) is 11.8. The number of ether oxygens (including phenoxy) is 1. The number of pyridine rings is 1. The first-order valence-electron chi connectivity index (χ1n) is 9.05. The van der Waals surface area contributed by atoms with Crippen molar-refractivity contribution >= 4 is 21.8 Å². The summed E-state index contributed by atoms with van der Waals surface area (Å²) in [6.07, 6.45) is 2.60. The SMILES string of the molecule is COc1cccnc1CC(=O)N1CCn2c(Cc3cccc(Br)c3)nnc2C1. The van der Waals surface area contributed by atoms with E-state index in [2.05, 4.69) is 47.8 Å². The highest BCUT2D eigenvalue weighted by Crippen LogP contribution is 2.20. The van der Waals surface area contributed by atoms with Crippen molar-refractivity contribution in [1.82, 2.24) is 24.6 Å². The van der Waals surface area contributed by atoms with E-state index in [1.807, 2.05) is 18.2 Å². The third-order valence-corrected chi connectivity index (χ3v) is 5.31. The lowest BCUT2D eigenvalue weighted by atomic mass is 10.1. The highest BCUT2D eigenvalue weighted by Gasteiger charge is 2.25. The summed E-state index contributed by atoms with van der Waals surface area (Å²) in [5, 5.41) is 8.67. The molecule has 3 aromatic rings. The first kappa shape index (κ1) is 18.6. The van der Waals surface area contributed by atoms with Gasteiger partial charge in [-0.05, 0) is 29.8 Å². The van der Waals surface area contributed by atoms with Crippen LogP contribution in [-0.2, 0) is 30.7 Å². The summed E-state index contributed by atoms with van der Waals surface area (Å²) in [7, 11) is 1.58. The lowest BCUT2D eigenvalue weighted by molar-refractivity contribution is -0.132. The molecular formula is C20H20BrN5O2. The van der Waals surface area contributed by atoms with E-state index < -0.39 is 0 Å². The molecule has 1 amide bonds. The molecule has 1 aliphatic rings. The fraction of sp³-hybridized carbons (Fsp3) is 0.300. The number of aromatic nitrogens is 4. The molecule has 28 heavy (non-hydrogen) atoms. The summed E-state index contributed by atoms with van der Waals surface area (Å²) in [5.74, 6) is 2.39. The third-order valence-electron chi connectivity index (χ3n) is 4.82. The molecule has 1 aliphatic heterocycles. The standard InChI is InChI=1S/C20H20BrN5O2/c1-28-17-6-3-7-22-16(17)12-20(27)25-8-9-26-18(23-24-19(26)13-25)11-14-4-2-5-15(21)10-14/h2-7,10H,8-9,11-13H2,1H3. The molecule has 0 fully saturated rings. The molecule has 0 bridgehead atoms. The highest BCUT2D eigenvalue weighted by molar-refractivity contribution is 9.10. The lowest BCUT2D eigenvalue weighted by Crippen LogP contribution is -2.39. The van der Waals surface area contributed by atoms with Crippen molar-refractivity contribution in [3.05, 3.63) is 70.0 Å². The van der Waals surface area contributed by atoms with Crippen LogP contribution in [0.2, 0.25) is 0 Å². The van der Waals surface area contributed by atoms with Crippen molar-refractivity contribution in [2.24, 2.45) is 0 Å². The third kappa shape index (κ3) is 3.91. The molecule has 0 saturated heterocycles. The molecular weight excluding hydrogens is 422 g/mol. The number of hydrogen-bond donors (Lipinski definition) is 0. The molecule has 7 nitrogen and oxygen atoms in total. The summed E-state index contributed by atoms with van der Waals surface area (Å²) in [6.45, 7) is 1.78. The van der Waals surface area contributed by atoms with Crippen LogP contribution in [0.5, 0.6) is 5.75 Å². The zero-order chi connectivity index (χ0) is 19.5. The Kier molecular flexibility index (Phi) is 5.38. The second kappa shape index (κ2) is 8.10. The van der Waals surface area contributed by atoms with E-state index in [1.165, 1.54) is 5.56 Å². The summed E-state index contributed by atoms with van der Waals surface area (Å²) in [5.41, 5.74) is 1.82. The molecule has 0 aliphatic carbocycles. The minimum atomic E-state index is 0.0137. The Bertz CT molecular complexity index is 1000. The van der Waals surface area contributed by atoms with Crippen LogP contribution in [0.15, 0.2) is 47.1 Å². The Hall–Kier alpha value is -2.74. The van der Waals surface area contributed by atoms with Gasteiger partial charge in [0, 0.05) is 30.2 Å². The van der Waals surface area contributed by atoms with Crippen LogP contribution in [0.4, 0.5) is 0 Å². The zero-order valence-electron chi connectivity index (χ0n) is 15.5.